The first kappa shape index (κ1) is 27.2. The summed E-state index contributed by atoms with van der Waals surface area (Å²) in [6.45, 7) is 2.78. The van der Waals surface area contributed by atoms with Crippen molar-refractivity contribution in [3.63, 3.8) is 0 Å². The number of carbonyl (C=O) groups is 1. The third-order valence-corrected chi connectivity index (χ3v) is 7.50. The molecule has 14 heteroatoms. The molecule has 1 unspecified atom stereocenters. The van der Waals surface area contributed by atoms with Crippen LogP contribution in [0.1, 0.15) is 54.8 Å². The normalized spacial score (nSPS) is 16.1. The van der Waals surface area contributed by atoms with Crippen LogP contribution in [-0.4, -0.2) is 67.2 Å². The van der Waals surface area contributed by atoms with Crippen LogP contribution in [-0.2, 0) is 30.4 Å². The van der Waals surface area contributed by atoms with E-state index < -0.39 is 36.5 Å². The first-order valence-corrected chi connectivity index (χ1v) is 12.8. The molecule has 3 aromatic rings. The maximum absolute atomic E-state index is 13.3. The van der Waals surface area contributed by atoms with E-state index in [1.54, 1.807) is 0 Å². The second kappa shape index (κ2) is 10.9. The molecule has 0 aliphatic carbocycles. The van der Waals surface area contributed by atoms with Crippen molar-refractivity contribution in [1.82, 2.24) is 30.0 Å². The SMILES string of the molecule is CCCc1cc2c(C3CCn4c(nnc4C(F)(F)F)C3)nc(OCCNC(=O)C(C)(CO)CO)nc2s1. The van der Waals surface area contributed by atoms with Crippen molar-refractivity contribution < 1.29 is 32.9 Å². The van der Waals surface area contributed by atoms with Gasteiger partial charge in [-0.1, -0.05) is 13.3 Å². The van der Waals surface area contributed by atoms with Crippen molar-refractivity contribution in [2.45, 2.75) is 58.2 Å². The molecule has 3 N–H and O–H groups in total. The molecule has 0 saturated carbocycles. The number of alkyl halides is 3. The lowest BCUT2D eigenvalue weighted by Gasteiger charge is -2.24. The second-order valence-electron chi connectivity index (χ2n) is 9.33. The second-order valence-corrected chi connectivity index (χ2v) is 10.4. The van der Waals surface area contributed by atoms with Crippen LogP contribution in [0.5, 0.6) is 6.01 Å². The lowest BCUT2D eigenvalue weighted by atomic mass is 9.92. The number of carbonyl (C=O) groups excluding carboxylic acids is 1. The van der Waals surface area contributed by atoms with Crippen LogP contribution in [0, 0.1) is 5.41 Å². The van der Waals surface area contributed by atoms with Gasteiger partial charge in [0.25, 0.3) is 0 Å². The molecule has 0 spiro atoms. The highest BCUT2D eigenvalue weighted by molar-refractivity contribution is 7.18. The van der Waals surface area contributed by atoms with Gasteiger partial charge in [0, 0.05) is 29.1 Å². The molecule has 202 valence electrons. The van der Waals surface area contributed by atoms with E-state index in [2.05, 4.69) is 32.4 Å². The van der Waals surface area contributed by atoms with Crippen molar-refractivity contribution in [3.05, 3.63) is 28.3 Å². The number of hydrogen-bond acceptors (Lipinski definition) is 9. The van der Waals surface area contributed by atoms with Gasteiger partial charge < -0.3 is 24.8 Å². The number of ether oxygens (including phenoxy) is 1. The van der Waals surface area contributed by atoms with Gasteiger partial charge in [0.1, 0.15) is 17.3 Å². The number of thiophene rings is 1. The number of rotatable bonds is 10. The summed E-state index contributed by atoms with van der Waals surface area (Å²) >= 11 is 1.52. The average Bonchev–Trinajstić information content (AvgIpc) is 3.49. The summed E-state index contributed by atoms with van der Waals surface area (Å²) in [5.41, 5.74) is -0.610. The number of nitrogens with zero attached hydrogens (tertiary/aromatic N) is 5. The number of aromatic nitrogens is 5. The fourth-order valence-electron chi connectivity index (χ4n) is 4.20. The number of aryl methyl sites for hydroxylation is 1. The van der Waals surface area contributed by atoms with Gasteiger partial charge in [0.15, 0.2) is 0 Å². The van der Waals surface area contributed by atoms with Gasteiger partial charge in [-0.05, 0) is 25.8 Å². The Labute approximate surface area is 214 Å². The van der Waals surface area contributed by atoms with Crippen LogP contribution in [0.4, 0.5) is 13.2 Å². The molecule has 0 radical (unpaired) electrons. The zero-order valence-electron chi connectivity index (χ0n) is 20.5. The van der Waals surface area contributed by atoms with Crippen molar-refractivity contribution in [3.8, 4) is 6.01 Å². The Morgan fingerprint density at radius 3 is 2.70 bits per heavy atom. The van der Waals surface area contributed by atoms with Crippen LogP contribution in [0.25, 0.3) is 10.2 Å². The highest BCUT2D eigenvalue weighted by atomic mass is 32.1. The molecule has 0 aromatic carbocycles. The summed E-state index contributed by atoms with van der Waals surface area (Å²) in [7, 11) is 0. The molecule has 1 aliphatic heterocycles. The number of fused-ring (bicyclic) bond motifs is 2. The first-order chi connectivity index (χ1) is 17.6. The number of aliphatic hydroxyl groups excluding tert-OH is 2. The zero-order chi connectivity index (χ0) is 26.8. The Morgan fingerprint density at radius 1 is 1.27 bits per heavy atom. The highest BCUT2D eigenvalue weighted by Crippen LogP contribution is 2.38. The van der Waals surface area contributed by atoms with Crippen molar-refractivity contribution >= 4 is 27.5 Å². The predicted molar refractivity (Wildman–Crippen MR) is 128 cm³/mol. The molecule has 0 fully saturated rings. The minimum atomic E-state index is -4.56. The Kier molecular flexibility index (Phi) is 7.99. The van der Waals surface area contributed by atoms with E-state index in [-0.39, 0.29) is 43.9 Å². The van der Waals surface area contributed by atoms with E-state index in [1.807, 2.05) is 6.07 Å². The standard InChI is InChI=1S/C23H29F3N6O4S/c1-3-4-14-10-15-17(13-5-7-32-16(9-13)30-31-19(32)23(24,25)26)28-21(29-18(15)37-14)36-8-6-27-20(35)22(2,11-33)12-34/h10,13,33-34H,3-9,11-12H2,1-2H3,(H,27,35). The van der Waals surface area contributed by atoms with Crippen molar-refractivity contribution in [1.29, 1.82) is 0 Å². The van der Waals surface area contributed by atoms with E-state index in [0.29, 0.717) is 12.1 Å². The smallest absolute Gasteiger partial charge is 0.451 e. The number of halogens is 3. The molecule has 0 bridgehead atoms. The third-order valence-electron chi connectivity index (χ3n) is 6.41. The fourth-order valence-corrected chi connectivity index (χ4v) is 5.33. The molecule has 3 aromatic heterocycles. The van der Waals surface area contributed by atoms with E-state index >= 15 is 0 Å². The average molecular weight is 543 g/mol. The Balaban J connectivity index is 1.54. The zero-order valence-corrected chi connectivity index (χ0v) is 21.3. The van der Waals surface area contributed by atoms with Crippen LogP contribution < -0.4 is 10.1 Å². The van der Waals surface area contributed by atoms with Crippen molar-refractivity contribution in [2.75, 3.05) is 26.4 Å². The highest BCUT2D eigenvalue weighted by Gasteiger charge is 2.40. The Hall–Kier alpha value is -2.84. The van der Waals surface area contributed by atoms with Crippen LogP contribution >= 0.6 is 11.3 Å². The monoisotopic (exact) mass is 542 g/mol. The van der Waals surface area contributed by atoms with Crippen LogP contribution in [0.15, 0.2) is 6.07 Å². The predicted octanol–water partition coefficient (Wildman–Crippen LogP) is 2.47. The summed E-state index contributed by atoms with van der Waals surface area (Å²) in [4.78, 5) is 23.2. The van der Waals surface area contributed by atoms with E-state index in [4.69, 9.17) is 4.74 Å². The third kappa shape index (κ3) is 5.70. The maximum atomic E-state index is 13.3. The molecule has 1 amide bonds. The molecule has 1 atom stereocenters. The Morgan fingerprint density at radius 2 is 2.03 bits per heavy atom. The summed E-state index contributed by atoms with van der Waals surface area (Å²) in [6, 6.07) is 2.14. The molecular weight excluding hydrogens is 513 g/mol. The molecule has 0 saturated heterocycles. The van der Waals surface area contributed by atoms with Gasteiger partial charge in [0.05, 0.1) is 30.9 Å². The topological polar surface area (TPSA) is 135 Å². The van der Waals surface area contributed by atoms with E-state index in [0.717, 1.165) is 32.5 Å². The number of hydrogen-bond donors (Lipinski definition) is 3. The molecule has 1 aliphatic rings. The van der Waals surface area contributed by atoms with Gasteiger partial charge >= 0.3 is 12.2 Å². The number of nitrogens with one attached hydrogen (secondary N) is 1. The lowest BCUT2D eigenvalue weighted by Crippen LogP contribution is -2.45. The van der Waals surface area contributed by atoms with Gasteiger partial charge in [0.2, 0.25) is 11.7 Å². The van der Waals surface area contributed by atoms with E-state index in [1.165, 1.54) is 18.3 Å². The minimum absolute atomic E-state index is 0.0464. The molecular formula is C23H29F3N6O4S. The minimum Gasteiger partial charge on any atom is -0.462 e. The fraction of sp³-hybridized carbons (Fsp3) is 0.609. The first-order valence-electron chi connectivity index (χ1n) is 12.0. The Bertz CT molecular complexity index is 1260. The van der Waals surface area contributed by atoms with E-state index in [9.17, 15) is 28.2 Å². The number of aliphatic hydroxyl groups is 2. The summed E-state index contributed by atoms with van der Waals surface area (Å²) in [6.07, 6.45) is -2.07. The summed E-state index contributed by atoms with van der Waals surface area (Å²) in [5.74, 6) is -1.42. The molecule has 4 heterocycles. The van der Waals surface area contributed by atoms with Crippen LogP contribution in [0.3, 0.4) is 0 Å². The molecule has 4 rings (SSSR count). The quantitative estimate of drug-likeness (QED) is 0.333. The molecule has 37 heavy (non-hydrogen) atoms. The van der Waals surface area contributed by atoms with Gasteiger partial charge in [-0.25, -0.2) is 0 Å². The molecule has 10 nitrogen and oxygen atoms in total. The van der Waals surface area contributed by atoms with Gasteiger partial charge in [-0.15, -0.1) is 21.5 Å². The van der Waals surface area contributed by atoms with Crippen molar-refractivity contribution in [2.24, 2.45) is 5.41 Å². The van der Waals surface area contributed by atoms with Gasteiger partial charge in [-0.2, -0.15) is 23.1 Å². The maximum Gasteiger partial charge on any atom is 0.451 e. The number of amides is 1. The largest absolute Gasteiger partial charge is 0.462 e. The lowest BCUT2D eigenvalue weighted by molar-refractivity contribution is -0.147. The van der Waals surface area contributed by atoms with Crippen LogP contribution in [0.2, 0.25) is 0 Å². The van der Waals surface area contributed by atoms with Gasteiger partial charge in [-0.3, -0.25) is 4.79 Å². The summed E-state index contributed by atoms with van der Waals surface area (Å²) in [5, 5.41) is 29.3. The summed E-state index contributed by atoms with van der Waals surface area (Å²) < 4.78 is 46.6.